The lowest BCUT2D eigenvalue weighted by atomic mass is 10.1. The standard InChI is InChI=1S/C23H26BrN3O3S/c24-20-6-4-5-19(13-20)16-31-17-22(28)26-25-14-18-7-9-21(10-8-18)30-15-23(29)27-11-2-1-3-12-27/h4-10,13-14H,1-3,11-12,15-17H2,(H,26,28)/b25-14+. The van der Waals surface area contributed by atoms with Crippen LogP contribution in [-0.2, 0) is 15.3 Å². The molecule has 0 aromatic heterocycles. The summed E-state index contributed by atoms with van der Waals surface area (Å²) in [6, 6.07) is 15.3. The number of benzene rings is 2. The van der Waals surface area contributed by atoms with Crippen LogP contribution < -0.4 is 10.2 Å². The van der Waals surface area contributed by atoms with Gasteiger partial charge in [0.25, 0.3) is 5.91 Å². The van der Waals surface area contributed by atoms with Crippen LogP contribution in [0.25, 0.3) is 0 Å². The number of nitrogens with one attached hydrogen (secondary N) is 1. The molecule has 0 aliphatic carbocycles. The van der Waals surface area contributed by atoms with Crippen molar-refractivity contribution in [2.24, 2.45) is 5.10 Å². The van der Waals surface area contributed by atoms with Crippen molar-refractivity contribution in [1.82, 2.24) is 10.3 Å². The van der Waals surface area contributed by atoms with Crippen LogP contribution >= 0.6 is 27.7 Å². The number of likely N-dealkylation sites (tertiary alicyclic amines) is 1. The van der Waals surface area contributed by atoms with Crippen LogP contribution in [0.5, 0.6) is 5.75 Å². The first-order chi connectivity index (χ1) is 15.1. The van der Waals surface area contributed by atoms with E-state index in [4.69, 9.17) is 4.74 Å². The molecule has 0 bridgehead atoms. The molecule has 2 aromatic rings. The molecule has 1 heterocycles. The highest BCUT2D eigenvalue weighted by Crippen LogP contribution is 2.17. The largest absolute Gasteiger partial charge is 0.484 e. The Morgan fingerprint density at radius 1 is 1.13 bits per heavy atom. The Hall–Kier alpha value is -2.32. The van der Waals surface area contributed by atoms with Gasteiger partial charge in [-0.25, -0.2) is 5.43 Å². The molecule has 1 saturated heterocycles. The summed E-state index contributed by atoms with van der Waals surface area (Å²) in [5, 5.41) is 4.00. The van der Waals surface area contributed by atoms with Crippen molar-refractivity contribution >= 4 is 45.7 Å². The zero-order valence-electron chi connectivity index (χ0n) is 17.3. The van der Waals surface area contributed by atoms with E-state index >= 15 is 0 Å². The van der Waals surface area contributed by atoms with Gasteiger partial charge in [0.05, 0.1) is 12.0 Å². The second-order valence-corrected chi connectivity index (χ2v) is 9.12. The molecule has 0 saturated carbocycles. The number of hydrazone groups is 1. The van der Waals surface area contributed by atoms with E-state index < -0.39 is 0 Å². The number of halogens is 1. The fourth-order valence-corrected chi connectivity index (χ4v) is 4.34. The molecule has 0 radical (unpaired) electrons. The zero-order valence-corrected chi connectivity index (χ0v) is 19.7. The number of ether oxygens (including phenoxy) is 1. The Labute approximate surface area is 195 Å². The second-order valence-electron chi connectivity index (χ2n) is 7.22. The first-order valence-corrected chi connectivity index (χ1v) is 12.2. The van der Waals surface area contributed by atoms with Gasteiger partial charge < -0.3 is 9.64 Å². The third kappa shape index (κ3) is 8.38. The fraction of sp³-hybridized carbons (Fsp3) is 0.348. The van der Waals surface area contributed by atoms with E-state index in [9.17, 15) is 9.59 Å². The highest BCUT2D eigenvalue weighted by molar-refractivity contribution is 9.10. The van der Waals surface area contributed by atoms with Gasteiger partial charge in [-0.1, -0.05) is 28.1 Å². The molecule has 1 aliphatic rings. The third-order valence-electron chi connectivity index (χ3n) is 4.74. The number of carbonyl (C=O) groups excluding carboxylic acids is 2. The Balaban J connectivity index is 1.34. The molecule has 0 spiro atoms. The van der Waals surface area contributed by atoms with Crippen LogP contribution in [0.3, 0.4) is 0 Å². The van der Waals surface area contributed by atoms with Crippen LogP contribution in [-0.4, -0.2) is 48.4 Å². The minimum atomic E-state index is -0.146. The number of amides is 2. The Bertz CT molecular complexity index is 899. The minimum absolute atomic E-state index is 0.0332. The first kappa shape index (κ1) is 23.3. The molecule has 1 fully saturated rings. The molecule has 6 nitrogen and oxygen atoms in total. The summed E-state index contributed by atoms with van der Waals surface area (Å²) in [5.41, 5.74) is 4.53. The van der Waals surface area contributed by atoms with E-state index in [1.165, 1.54) is 18.2 Å². The van der Waals surface area contributed by atoms with Crippen LogP contribution in [0.4, 0.5) is 0 Å². The molecular formula is C23H26BrN3O3S. The number of thioether (sulfide) groups is 1. The van der Waals surface area contributed by atoms with Crippen molar-refractivity contribution in [3.05, 3.63) is 64.1 Å². The minimum Gasteiger partial charge on any atom is -0.484 e. The number of rotatable bonds is 9. The van der Waals surface area contributed by atoms with E-state index in [1.807, 2.05) is 41.3 Å². The van der Waals surface area contributed by atoms with Gasteiger partial charge in [0.15, 0.2) is 6.61 Å². The van der Waals surface area contributed by atoms with Gasteiger partial charge in [-0.2, -0.15) is 5.10 Å². The molecular weight excluding hydrogens is 478 g/mol. The molecule has 0 atom stereocenters. The van der Waals surface area contributed by atoms with Crippen molar-refractivity contribution < 1.29 is 14.3 Å². The number of nitrogens with zero attached hydrogens (tertiary/aromatic N) is 2. The van der Waals surface area contributed by atoms with Crippen molar-refractivity contribution in [3.8, 4) is 5.75 Å². The van der Waals surface area contributed by atoms with Gasteiger partial charge in [-0.05, 0) is 66.8 Å². The quantitative estimate of drug-likeness (QED) is 0.410. The maximum atomic E-state index is 12.1. The van der Waals surface area contributed by atoms with Crippen LogP contribution in [0.1, 0.15) is 30.4 Å². The van der Waals surface area contributed by atoms with Gasteiger partial charge in [-0.15, -0.1) is 11.8 Å². The lowest BCUT2D eigenvalue weighted by Crippen LogP contribution is -2.38. The van der Waals surface area contributed by atoms with E-state index in [0.29, 0.717) is 11.5 Å². The molecule has 31 heavy (non-hydrogen) atoms. The van der Waals surface area contributed by atoms with Gasteiger partial charge in [0.1, 0.15) is 5.75 Å². The summed E-state index contributed by atoms with van der Waals surface area (Å²) in [7, 11) is 0. The number of carbonyl (C=O) groups is 2. The average molecular weight is 504 g/mol. The van der Waals surface area contributed by atoms with Gasteiger partial charge in [0, 0.05) is 23.3 Å². The topological polar surface area (TPSA) is 71.0 Å². The highest BCUT2D eigenvalue weighted by atomic mass is 79.9. The summed E-state index contributed by atoms with van der Waals surface area (Å²) in [6.45, 7) is 1.71. The molecule has 3 rings (SSSR count). The maximum Gasteiger partial charge on any atom is 0.260 e. The number of hydrogen-bond donors (Lipinski definition) is 1. The Kier molecular flexibility index (Phi) is 9.42. The average Bonchev–Trinajstić information content (AvgIpc) is 2.79. The Morgan fingerprint density at radius 2 is 1.90 bits per heavy atom. The molecule has 164 valence electrons. The Morgan fingerprint density at radius 3 is 2.65 bits per heavy atom. The lowest BCUT2D eigenvalue weighted by molar-refractivity contribution is -0.134. The zero-order chi connectivity index (χ0) is 21.9. The SMILES string of the molecule is O=C(CSCc1cccc(Br)c1)N/N=C/c1ccc(OCC(=O)N2CCCCC2)cc1. The molecule has 2 amide bonds. The van der Waals surface area contributed by atoms with Crippen molar-refractivity contribution in [3.63, 3.8) is 0 Å². The second kappa shape index (κ2) is 12.5. The smallest absolute Gasteiger partial charge is 0.260 e. The monoisotopic (exact) mass is 503 g/mol. The molecule has 1 aliphatic heterocycles. The lowest BCUT2D eigenvalue weighted by Gasteiger charge is -2.26. The highest BCUT2D eigenvalue weighted by Gasteiger charge is 2.16. The van der Waals surface area contributed by atoms with E-state index in [1.54, 1.807) is 18.3 Å². The molecule has 8 heteroatoms. The summed E-state index contributed by atoms with van der Waals surface area (Å²) < 4.78 is 6.63. The first-order valence-electron chi connectivity index (χ1n) is 10.2. The van der Waals surface area contributed by atoms with E-state index in [2.05, 4.69) is 26.5 Å². The van der Waals surface area contributed by atoms with E-state index in [-0.39, 0.29) is 18.4 Å². The van der Waals surface area contributed by atoms with Crippen LogP contribution in [0.15, 0.2) is 58.1 Å². The van der Waals surface area contributed by atoms with Crippen LogP contribution in [0.2, 0.25) is 0 Å². The van der Waals surface area contributed by atoms with Crippen molar-refractivity contribution in [2.75, 3.05) is 25.4 Å². The molecule has 0 unspecified atom stereocenters. The molecule has 1 N–H and O–H groups in total. The third-order valence-corrected chi connectivity index (χ3v) is 6.24. The summed E-state index contributed by atoms with van der Waals surface area (Å²) in [5.74, 6) is 1.62. The predicted molar refractivity (Wildman–Crippen MR) is 128 cm³/mol. The van der Waals surface area contributed by atoms with Crippen LogP contribution in [0, 0.1) is 0 Å². The summed E-state index contributed by atoms with van der Waals surface area (Å²) in [6.07, 6.45) is 4.92. The maximum absolute atomic E-state index is 12.1. The van der Waals surface area contributed by atoms with E-state index in [0.717, 1.165) is 47.3 Å². The van der Waals surface area contributed by atoms with Gasteiger partial charge >= 0.3 is 0 Å². The fourth-order valence-electron chi connectivity index (χ4n) is 3.13. The van der Waals surface area contributed by atoms with Crippen molar-refractivity contribution in [2.45, 2.75) is 25.0 Å². The summed E-state index contributed by atoms with van der Waals surface area (Å²) in [4.78, 5) is 25.9. The number of piperidine rings is 1. The van der Waals surface area contributed by atoms with Gasteiger partial charge in [0.2, 0.25) is 5.91 Å². The number of hydrogen-bond acceptors (Lipinski definition) is 5. The summed E-state index contributed by atoms with van der Waals surface area (Å²) >= 11 is 4.98. The molecule has 2 aromatic carbocycles. The van der Waals surface area contributed by atoms with Crippen molar-refractivity contribution in [1.29, 1.82) is 0 Å². The normalized spacial score (nSPS) is 13.9. The van der Waals surface area contributed by atoms with Gasteiger partial charge in [-0.3, -0.25) is 9.59 Å². The predicted octanol–water partition coefficient (Wildman–Crippen LogP) is 4.22.